The summed E-state index contributed by atoms with van der Waals surface area (Å²) in [5.74, 6) is -0.794. The summed E-state index contributed by atoms with van der Waals surface area (Å²) in [5.41, 5.74) is 1.28. The van der Waals surface area contributed by atoms with E-state index in [0.29, 0.717) is 0 Å². The molecule has 1 rings (SSSR count). The standard InChI is InChI=1S/C14H20BrNO2/c1-3-13(16-10(2)14(17)18)9-6-11-4-7-12(15)8-5-11/h4-5,7-8,10,13,16H,3,6,9H2,1-2H3,(H,17,18). The zero-order valence-electron chi connectivity index (χ0n) is 10.8. The Bertz CT molecular complexity index is 378. The summed E-state index contributed by atoms with van der Waals surface area (Å²) >= 11 is 3.41. The maximum absolute atomic E-state index is 10.8. The summed E-state index contributed by atoms with van der Waals surface area (Å²) in [6.07, 6.45) is 2.86. The molecule has 18 heavy (non-hydrogen) atoms. The van der Waals surface area contributed by atoms with Gasteiger partial charge in [0.15, 0.2) is 0 Å². The first kappa shape index (κ1) is 15.2. The maximum atomic E-state index is 10.8. The second-order valence-electron chi connectivity index (χ2n) is 4.50. The zero-order valence-corrected chi connectivity index (χ0v) is 12.4. The quantitative estimate of drug-likeness (QED) is 0.812. The fourth-order valence-corrected chi connectivity index (χ4v) is 2.09. The molecule has 2 N–H and O–H groups in total. The molecule has 0 aromatic heterocycles. The molecule has 100 valence electrons. The van der Waals surface area contributed by atoms with E-state index in [2.05, 4.69) is 40.3 Å². The topological polar surface area (TPSA) is 49.3 Å². The van der Waals surface area contributed by atoms with Crippen LogP contribution in [0.15, 0.2) is 28.7 Å². The Hall–Kier alpha value is -0.870. The molecular weight excluding hydrogens is 294 g/mol. The van der Waals surface area contributed by atoms with Gasteiger partial charge in [0.1, 0.15) is 6.04 Å². The van der Waals surface area contributed by atoms with Crippen LogP contribution >= 0.6 is 15.9 Å². The number of rotatable bonds is 7. The Kier molecular flexibility index (Phi) is 6.36. The minimum Gasteiger partial charge on any atom is -0.480 e. The van der Waals surface area contributed by atoms with E-state index in [1.54, 1.807) is 6.92 Å². The zero-order chi connectivity index (χ0) is 13.5. The molecule has 3 nitrogen and oxygen atoms in total. The molecule has 0 spiro atoms. The van der Waals surface area contributed by atoms with Gasteiger partial charge in [0.05, 0.1) is 0 Å². The summed E-state index contributed by atoms with van der Waals surface area (Å²) in [7, 11) is 0. The molecule has 2 unspecified atom stereocenters. The highest BCUT2D eigenvalue weighted by Crippen LogP contribution is 2.13. The van der Waals surface area contributed by atoms with Gasteiger partial charge in [0.2, 0.25) is 0 Å². The van der Waals surface area contributed by atoms with E-state index in [-0.39, 0.29) is 6.04 Å². The smallest absolute Gasteiger partial charge is 0.320 e. The van der Waals surface area contributed by atoms with Crippen LogP contribution < -0.4 is 5.32 Å². The summed E-state index contributed by atoms with van der Waals surface area (Å²) in [4.78, 5) is 10.8. The van der Waals surface area contributed by atoms with E-state index in [1.165, 1.54) is 5.56 Å². The van der Waals surface area contributed by atoms with Crippen LogP contribution in [0.5, 0.6) is 0 Å². The highest BCUT2D eigenvalue weighted by Gasteiger charge is 2.15. The second kappa shape index (κ2) is 7.54. The van der Waals surface area contributed by atoms with Gasteiger partial charge in [0.25, 0.3) is 0 Å². The third-order valence-electron chi connectivity index (χ3n) is 3.04. The SMILES string of the molecule is CCC(CCc1ccc(Br)cc1)NC(C)C(=O)O. The van der Waals surface area contributed by atoms with Crippen LogP contribution in [0.1, 0.15) is 32.3 Å². The van der Waals surface area contributed by atoms with Crippen molar-refractivity contribution in [3.8, 4) is 0 Å². The predicted molar refractivity (Wildman–Crippen MR) is 76.8 cm³/mol. The molecule has 4 heteroatoms. The van der Waals surface area contributed by atoms with Crippen LogP contribution in [0.25, 0.3) is 0 Å². The van der Waals surface area contributed by atoms with Gasteiger partial charge in [-0.25, -0.2) is 0 Å². The number of aliphatic carboxylic acids is 1. The summed E-state index contributed by atoms with van der Waals surface area (Å²) in [6, 6.07) is 8.02. The Morgan fingerprint density at radius 1 is 1.39 bits per heavy atom. The van der Waals surface area contributed by atoms with E-state index >= 15 is 0 Å². The van der Waals surface area contributed by atoms with Gasteiger partial charge < -0.3 is 10.4 Å². The van der Waals surface area contributed by atoms with Crippen molar-refractivity contribution in [3.05, 3.63) is 34.3 Å². The second-order valence-corrected chi connectivity index (χ2v) is 5.41. The number of aryl methyl sites for hydroxylation is 1. The number of hydrogen-bond donors (Lipinski definition) is 2. The molecule has 0 aliphatic heterocycles. The van der Waals surface area contributed by atoms with Crippen molar-refractivity contribution in [2.24, 2.45) is 0 Å². The first-order chi connectivity index (χ1) is 8.52. The lowest BCUT2D eigenvalue weighted by Crippen LogP contribution is -2.41. The Morgan fingerprint density at radius 3 is 2.50 bits per heavy atom. The Morgan fingerprint density at radius 2 is 2.00 bits per heavy atom. The molecule has 0 radical (unpaired) electrons. The van der Waals surface area contributed by atoms with Gasteiger partial charge in [-0.15, -0.1) is 0 Å². The van der Waals surface area contributed by atoms with E-state index in [4.69, 9.17) is 5.11 Å². The minimum atomic E-state index is -0.794. The average molecular weight is 314 g/mol. The highest BCUT2D eigenvalue weighted by molar-refractivity contribution is 9.10. The molecule has 2 atom stereocenters. The molecule has 0 bridgehead atoms. The third-order valence-corrected chi connectivity index (χ3v) is 3.57. The van der Waals surface area contributed by atoms with Crippen LogP contribution in [0.3, 0.4) is 0 Å². The van der Waals surface area contributed by atoms with E-state index < -0.39 is 12.0 Å². The number of nitrogens with one attached hydrogen (secondary N) is 1. The molecule has 1 aromatic carbocycles. The fraction of sp³-hybridized carbons (Fsp3) is 0.500. The third kappa shape index (κ3) is 5.19. The first-order valence-electron chi connectivity index (χ1n) is 6.26. The van der Waals surface area contributed by atoms with Gasteiger partial charge in [-0.05, 0) is 43.9 Å². The van der Waals surface area contributed by atoms with Gasteiger partial charge >= 0.3 is 5.97 Å². The number of hydrogen-bond acceptors (Lipinski definition) is 2. The van der Waals surface area contributed by atoms with Crippen molar-refractivity contribution in [2.45, 2.75) is 45.2 Å². The van der Waals surface area contributed by atoms with Crippen molar-refractivity contribution < 1.29 is 9.90 Å². The largest absolute Gasteiger partial charge is 0.480 e. The van der Waals surface area contributed by atoms with Gasteiger partial charge in [-0.2, -0.15) is 0 Å². The maximum Gasteiger partial charge on any atom is 0.320 e. The Labute approximate surface area is 117 Å². The van der Waals surface area contributed by atoms with Crippen LogP contribution in [-0.2, 0) is 11.2 Å². The van der Waals surface area contributed by atoms with Gasteiger partial charge in [0, 0.05) is 10.5 Å². The monoisotopic (exact) mass is 313 g/mol. The molecule has 0 amide bonds. The highest BCUT2D eigenvalue weighted by atomic mass is 79.9. The van der Waals surface area contributed by atoms with Crippen LogP contribution in [-0.4, -0.2) is 23.2 Å². The van der Waals surface area contributed by atoms with E-state index in [1.807, 2.05) is 12.1 Å². The van der Waals surface area contributed by atoms with Crippen LogP contribution in [0.4, 0.5) is 0 Å². The Balaban J connectivity index is 2.44. The molecule has 0 aliphatic carbocycles. The number of carboxylic acid groups (broad SMARTS) is 1. The predicted octanol–water partition coefficient (Wildman–Crippen LogP) is 3.22. The van der Waals surface area contributed by atoms with Crippen molar-refractivity contribution >= 4 is 21.9 Å². The van der Waals surface area contributed by atoms with Crippen LogP contribution in [0, 0.1) is 0 Å². The summed E-state index contributed by atoms with van der Waals surface area (Å²) < 4.78 is 1.08. The molecule has 0 saturated heterocycles. The number of halogens is 1. The summed E-state index contributed by atoms with van der Waals surface area (Å²) in [6.45, 7) is 3.76. The molecular formula is C14H20BrNO2. The first-order valence-corrected chi connectivity index (χ1v) is 7.05. The van der Waals surface area contributed by atoms with Crippen molar-refractivity contribution in [3.63, 3.8) is 0 Å². The van der Waals surface area contributed by atoms with Crippen molar-refractivity contribution in [1.82, 2.24) is 5.32 Å². The average Bonchev–Trinajstić information content (AvgIpc) is 2.35. The fourth-order valence-electron chi connectivity index (χ4n) is 1.82. The lowest BCUT2D eigenvalue weighted by atomic mass is 10.0. The molecule has 0 aliphatic rings. The lowest BCUT2D eigenvalue weighted by Gasteiger charge is -2.19. The molecule has 0 saturated carbocycles. The number of benzene rings is 1. The van der Waals surface area contributed by atoms with Crippen molar-refractivity contribution in [1.29, 1.82) is 0 Å². The molecule has 0 heterocycles. The van der Waals surface area contributed by atoms with Gasteiger partial charge in [-0.3, -0.25) is 4.79 Å². The van der Waals surface area contributed by atoms with Crippen molar-refractivity contribution in [2.75, 3.05) is 0 Å². The lowest BCUT2D eigenvalue weighted by molar-refractivity contribution is -0.139. The number of carboxylic acids is 1. The molecule has 1 aromatic rings. The van der Waals surface area contributed by atoms with Crippen LogP contribution in [0.2, 0.25) is 0 Å². The minimum absolute atomic E-state index is 0.250. The van der Waals surface area contributed by atoms with E-state index in [9.17, 15) is 4.79 Å². The van der Waals surface area contributed by atoms with E-state index in [0.717, 1.165) is 23.7 Å². The normalized spacial score (nSPS) is 14.2. The number of carbonyl (C=O) groups is 1. The summed E-state index contributed by atoms with van der Waals surface area (Å²) in [5, 5.41) is 12.0. The van der Waals surface area contributed by atoms with Gasteiger partial charge in [-0.1, -0.05) is 35.0 Å². The molecule has 0 fully saturated rings.